The molecule has 2 rings (SSSR count). The van der Waals surface area contributed by atoms with Gasteiger partial charge in [-0.25, -0.2) is 0 Å². The predicted octanol–water partition coefficient (Wildman–Crippen LogP) is 5.95. The number of diazo groups is 2. The molecule has 31 heavy (non-hydrogen) atoms. The first-order chi connectivity index (χ1) is 14.5. The van der Waals surface area contributed by atoms with Gasteiger partial charge in [-0.3, -0.25) is 0 Å². The van der Waals surface area contributed by atoms with E-state index >= 15 is 0 Å². The molecule has 0 unspecified atom stereocenters. The van der Waals surface area contributed by atoms with Crippen LogP contribution in [0.5, 0.6) is 0 Å². The van der Waals surface area contributed by atoms with Crippen molar-refractivity contribution in [2.75, 3.05) is 50.2 Å². The van der Waals surface area contributed by atoms with Gasteiger partial charge >= 0.3 is 61.0 Å². The Labute approximate surface area is 201 Å². The molecule has 2 aromatic rings. The number of halogens is 4. The summed E-state index contributed by atoms with van der Waals surface area (Å²) in [5, 5.41) is 34.3. The first-order valence-electron chi connectivity index (χ1n) is 9.17. The molecular formula is C18H24Cl4N6O2Zn. The third kappa shape index (κ3) is 15.1. The molecule has 8 nitrogen and oxygen atoms in total. The maximum absolute atomic E-state index is 8.70. The number of anilines is 2. The molecule has 0 saturated heterocycles. The molecule has 0 aromatic heterocycles. The molecule has 2 N–H and O–H groups in total. The Kier molecular flexibility index (Phi) is 15.5. The fraction of sp³-hybridized carbons (Fsp3) is 0.333. The molecule has 0 heterocycles. The molecule has 0 saturated carbocycles. The molecule has 0 atom stereocenters. The number of benzene rings is 2. The van der Waals surface area contributed by atoms with E-state index in [1.807, 2.05) is 48.2 Å². The Morgan fingerprint density at radius 3 is 1.16 bits per heavy atom. The van der Waals surface area contributed by atoms with Crippen molar-refractivity contribution in [2.45, 2.75) is 0 Å². The predicted molar refractivity (Wildman–Crippen MR) is 126 cm³/mol. The molecule has 0 radical (unpaired) electrons. The van der Waals surface area contributed by atoms with Crippen LogP contribution in [0, 0.1) is 10.8 Å². The van der Waals surface area contributed by atoms with E-state index < -0.39 is 10.8 Å². The second-order valence-corrected chi connectivity index (χ2v) is 33.9. The van der Waals surface area contributed by atoms with Gasteiger partial charge in [-0.15, -0.1) is 0 Å². The summed E-state index contributed by atoms with van der Waals surface area (Å²) in [5.74, 6) is 0. The van der Waals surface area contributed by atoms with Gasteiger partial charge in [-0.2, -0.15) is 0 Å². The van der Waals surface area contributed by atoms with Gasteiger partial charge in [-0.05, 0) is 24.3 Å². The van der Waals surface area contributed by atoms with Crippen LogP contribution in [-0.4, -0.2) is 50.6 Å². The topological polar surface area (TPSA) is 103 Å². The van der Waals surface area contributed by atoms with E-state index in [9.17, 15) is 0 Å². The molecule has 0 amide bonds. The summed E-state index contributed by atoms with van der Waals surface area (Å²) in [4.78, 5) is 9.93. The molecule has 0 aliphatic carbocycles. The zero-order valence-corrected chi connectivity index (χ0v) is 23.2. The fourth-order valence-electron chi connectivity index (χ4n) is 2.11. The van der Waals surface area contributed by atoms with Crippen LogP contribution in [0.25, 0.3) is 9.95 Å². The van der Waals surface area contributed by atoms with Crippen molar-refractivity contribution < 1.29 is 21.0 Å². The van der Waals surface area contributed by atoms with Crippen molar-refractivity contribution >= 4 is 61.5 Å². The van der Waals surface area contributed by atoms with Gasteiger partial charge in [0.15, 0.2) is 9.95 Å². The van der Waals surface area contributed by atoms with Gasteiger partial charge in [0, 0.05) is 62.8 Å². The first-order valence-corrected chi connectivity index (χ1v) is 24.8. The zero-order chi connectivity index (χ0) is 23.9. The summed E-state index contributed by atoms with van der Waals surface area (Å²) in [6.07, 6.45) is 0. The minimum atomic E-state index is -3.36. The van der Waals surface area contributed by atoms with E-state index in [1.54, 1.807) is 24.3 Å². The number of likely N-dealkylation sites (N-methyl/N-ethyl adjacent to an activating group) is 2. The van der Waals surface area contributed by atoms with Crippen molar-refractivity contribution in [3.05, 3.63) is 58.5 Å². The number of nitrogens with zero attached hydrogens (tertiary/aromatic N) is 6. The van der Waals surface area contributed by atoms with Crippen LogP contribution in [0.2, 0.25) is 0 Å². The van der Waals surface area contributed by atoms with Gasteiger partial charge < -0.3 is 20.0 Å². The summed E-state index contributed by atoms with van der Waals surface area (Å²) in [7, 11) is 20.6. The summed E-state index contributed by atoms with van der Waals surface area (Å²) in [6.45, 7) is 1.44. The van der Waals surface area contributed by atoms with Crippen molar-refractivity contribution in [3.8, 4) is 0 Å². The van der Waals surface area contributed by atoms with Crippen molar-refractivity contribution in [1.29, 1.82) is 10.8 Å². The van der Waals surface area contributed by atoms with Gasteiger partial charge in [0.2, 0.25) is 10.8 Å². The van der Waals surface area contributed by atoms with Gasteiger partial charge in [0.05, 0.1) is 13.2 Å². The molecule has 0 bridgehead atoms. The van der Waals surface area contributed by atoms with Gasteiger partial charge in [0.25, 0.3) is 0 Å². The Bertz CT molecular complexity index is 767. The molecule has 0 aliphatic heterocycles. The minimum absolute atomic E-state index is 0.128. The van der Waals surface area contributed by atoms with Gasteiger partial charge in [-0.1, -0.05) is 0 Å². The average Bonchev–Trinajstić information content (AvgIpc) is 2.73. The second-order valence-electron chi connectivity index (χ2n) is 6.13. The number of hydrogen-bond acceptors (Lipinski definition) is 6. The number of aliphatic hydroxyl groups is 2. The van der Waals surface area contributed by atoms with Crippen molar-refractivity contribution in [2.24, 2.45) is 0 Å². The van der Waals surface area contributed by atoms with Crippen LogP contribution >= 0.6 is 38.8 Å². The molecular weight excluding hydrogens is 539 g/mol. The molecule has 0 fully saturated rings. The average molecular weight is 564 g/mol. The van der Waals surface area contributed by atoms with Crippen LogP contribution in [0.15, 0.2) is 48.5 Å². The number of aliphatic hydroxyl groups excluding tert-OH is 2. The Morgan fingerprint density at radius 1 is 0.710 bits per heavy atom. The first kappa shape index (κ1) is 29.6. The SMILES string of the molecule is CN(CCO)c1ccc([N+]#N)cc1.CN(CCO)c1ccc([N+]#N)cc1.[Cl][Zn-2]([Cl])([Cl])[Cl]. The van der Waals surface area contributed by atoms with E-state index in [1.165, 1.54) is 0 Å². The summed E-state index contributed by atoms with van der Waals surface area (Å²) in [5.41, 5.74) is 3.03. The number of rotatable bonds is 6. The maximum atomic E-state index is 8.70. The third-order valence-electron chi connectivity index (χ3n) is 3.68. The van der Waals surface area contributed by atoms with Crippen molar-refractivity contribution in [3.63, 3.8) is 0 Å². The van der Waals surface area contributed by atoms with Crippen LogP contribution in [0.4, 0.5) is 22.7 Å². The fourth-order valence-corrected chi connectivity index (χ4v) is 2.11. The van der Waals surface area contributed by atoms with E-state index in [0.29, 0.717) is 24.5 Å². The normalized spacial score (nSPS) is 9.74. The molecule has 13 heteroatoms. The molecule has 2 aromatic carbocycles. The summed E-state index contributed by atoms with van der Waals surface area (Å²) >= 11 is 0. The zero-order valence-electron chi connectivity index (χ0n) is 17.2. The van der Waals surface area contributed by atoms with E-state index in [4.69, 9.17) is 59.8 Å². The Morgan fingerprint density at radius 2 is 0.968 bits per heavy atom. The molecule has 0 spiro atoms. The summed E-state index contributed by atoms with van der Waals surface area (Å²) < 4.78 is 0. The Balaban J connectivity index is 0.000000479. The van der Waals surface area contributed by atoms with E-state index in [0.717, 1.165) is 11.4 Å². The van der Waals surface area contributed by atoms with Crippen LogP contribution in [0.1, 0.15) is 0 Å². The van der Waals surface area contributed by atoms with E-state index in [2.05, 4.69) is 9.95 Å². The standard InChI is InChI=1S/2C9H12N3O.4ClH.Zn/c2*1-12(6-7-13)9-4-2-8(11-10)3-5-9;;;;;/h2*2-5,13H,6-7H2,1H3;4*1H;/q2*+1;;;;;+2/p-4. The quantitative estimate of drug-likeness (QED) is 0.332. The number of hydrogen-bond donors (Lipinski definition) is 2. The van der Waals surface area contributed by atoms with Gasteiger partial charge in [0.1, 0.15) is 0 Å². The molecule has 0 aliphatic rings. The van der Waals surface area contributed by atoms with Crippen LogP contribution < -0.4 is 9.80 Å². The van der Waals surface area contributed by atoms with Crippen LogP contribution in [0.3, 0.4) is 0 Å². The molecule has 168 valence electrons. The third-order valence-corrected chi connectivity index (χ3v) is 3.68. The monoisotopic (exact) mass is 560 g/mol. The van der Waals surface area contributed by atoms with Crippen molar-refractivity contribution in [1.82, 2.24) is 0 Å². The Hall–Kier alpha value is -1.42. The van der Waals surface area contributed by atoms with Crippen LogP contribution in [-0.2, 0) is 10.8 Å². The summed E-state index contributed by atoms with van der Waals surface area (Å²) in [6, 6.07) is 14.2. The second kappa shape index (κ2) is 16.2. The van der Waals surface area contributed by atoms with E-state index in [-0.39, 0.29) is 13.2 Å².